The van der Waals surface area contributed by atoms with Gasteiger partial charge in [-0.25, -0.2) is 0 Å². The number of thiocarbonyl (C=S) groups is 1. The van der Waals surface area contributed by atoms with E-state index in [0.29, 0.717) is 32.8 Å². The molecule has 3 aromatic carbocycles. The van der Waals surface area contributed by atoms with Crippen molar-refractivity contribution in [3.05, 3.63) is 108 Å². The zero-order valence-corrected chi connectivity index (χ0v) is 19.8. The summed E-state index contributed by atoms with van der Waals surface area (Å²) >= 11 is 4.88. The molecule has 0 aromatic heterocycles. The van der Waals surface area contributed by atoms with Gasteiger partial charge < -0.3 is 18.9 Å². The molecule has 0 bridgehead atoms. The highest BCUT2D eigenvalue weighted by atomic mass is 32.1. The lowest BCUT2D eigenvalue weighted by molar-refractivity contribution is -0.212. The summed E-state index contributed by atoms with van der Waals surface area (Å²) in [5.41, 5.74) is 3.30. The van der Waals surface area contributed by atoms with E-state index in [1.807, 2.05) is 91.0 Å². The Morgan fingerprint density at radius 2 is 1.24 bits per heavy atom. The third-order valence-electron chi connectivity index (χ3n) is 5.70. The normalized spacial score (nSPS) is 22.1. The Hall–Kier alpha value is -2.70. The second-order valence-corrected chi connectivity index (χ2v) is 8.37. The van der Waals surface area contributed by atoms with Gasteiger partial charge in [0.25, 0.3) is 0 Å². The van der Waals surface area contributed by atoms with Crippen molar-refractivity contribution in [3.8, 4) is 0 Å². The van der Waals surface area contributed by atoms with Gasteiger partial charge in [-0.2, -0.15) is 4.99 Å². The minimum atomic E-state index is -0.553. The molecule has 6 heteroatoms. The molecule has 0 amide bonds. The average molecular weight is 476 g/mol. The first kappa shape index (κ1) is 24.4. The fourth-order valence-electron chi connectivity index (χ4n) is 3.91. The van der Waals surface area contributed by atoms with Crippen molar-refractivity contribution >= 4 is 17.4 Å². The summed E-state index contributed by atoms with van der Waals surface area (Å²) in [4.78, 5) is 4.25. The van der Waals surface area contributed by atoms with Gasteiger partial charge in [0.1, 0.15) is 12.2 Å². The summed E-state index contributed by atoms with van der Waals surface area (Å²) in [5.74, 6) is 0. The molecule has 3 aromatic rings. The summed E-state index contributed by atoms with van der Waals surface area (Å²) in [6.07, 6.45) is -0.760. The van der Waals surface area contributed by atoms with Crippen LogP contribution in [-0.4, -0.2) is 36.3 Å². The minimum Gasteiger partial charge on any atom is -0.374 e. The number of isothiocyanates is 1. The molecule has 0 N–H and O–H groups in total. The van der Waals surface area contributed by atoms with Crippen molar-refractivity contribution in [3.63, 3.8) is 0 Å². The first-order valence-corrected chi connectivity index (χ1v) is 11.9. The molecule has 1 aliphatic heterocycles. The minimum absolute atomic E-state index is 0.215. The van der Waals surface area contributed by atoms with Crippen LogP contribution < -0.4 is 0 Å². The van der Waals surface area contributed by atoms with Crippen LogP contribution in [0.5, 0.6) is 0 Å². The number of hydrogen-bond donors (Lipinski definition) is 0. The van der Waals surface area contributed by atoms with E-state index in [-0.39, 0.29) is 18.3 Å². The van der Waals surface area contributed by atoms with Crippen molar-refractivity contribution in [2.45, 2.75) is 50.8 Å². The summed E-state index contributed by atoms with van der Waals surface area (Å²) in [6, 6.07) is 30.2. The maximum atomic E-state index is 6.32. The number of benzene rings is 3. The Kier molecular flexibility index (Phi) is 9.52. The average Bonchev–Trinajstić information content (AvgIpc) is 2.89. The van der Waals surface area contributed by atoms with E-state index >= 15 is 0 Å². The number of hydrogen-bond acceptors (Lipinski definition) is 6. The van der Waals surface area contributed by atoms with Crippen molar-refractivity contribution < 1.29 is 18.9 Å². The van der Waals surface area contributed by atoms with Crippen molar-refractivity contribution in [1.82, 2.24) is 0 Å². The lowest BCUT2D eigenvalue weighted by atomic mass is 10.0. The van der Waals surface area contributed by atoms with Gasteiger partial charge in [0.05, 0.1) is 37.7 Å². The lowest BCUT2D eigenvalue weighted by Gasteiger charge is -2.39. The highest BCUT2D eigenvalue weighted by molar-refractivity contribution is 7.78. The van der Waals surface area contributed by atoms with Gasteiger partial charge in [-0.15, -0.1) is 0 Å². The molecule has 5 nitrogen and oxygen atoms in total. The molecule has 34 heavy (non-hydrogen) atoms. The van der Waals surface area contributed by atoms with Crippen LogP contribution in [0.2, 0.25) is 0 Å². The van der Waals surface area contributed by atoms with Crippen LogP contribution in [0.25, 0.3) is 0 Å². The maximum absolute atomic E-state index is 6.32. The molecular formula is C28H29NO4S. The summed E-state index contributed by atoms with van der Waals surface area (Å²) < 4.78 is 24.8. The standard InChI is InChI=1S/C28H29NO4S/c34-21-29-28-26(32-19-24-14-8-3-9-15-24)16-25(31-18-23-12-6-2-7-13-23)27(33-28)20-30-17-22-10-4-1-5-11-22/h1-15,25-28H,16-20H2/t25-,26+,27+,28+/m0/s1. The lowest BCUT2D eigenvalue weighted by Crippen LogP contribution is -2.50. The van der Waals surface area contributed by atoms with Crippen LogP contribution in [0.4, 0.5) is 0 Å². The van der Waals surface area contributed by atoms with Crippen LogP contribution in [0.1, 0.15) is 23.1 Å². The van der Waals surface area contributed by atoms with Gasteiger partial charge in [0, 0.05) is 6.42 Å². The van der Waals surface area contributed by atoms with Gasteiger partial charge >= 0.3 is 0 Å². The molecule has 0 aliphatic carbocycles. The number of nitrogens with zero attached hydrogens (tertiary/aromatic N) is 1. The van der Waals surface area contributed by atoms with Crippen molar-refractivity contribution in [2.24, 2.45) is 4.99 Å². The number of rotatable bonds is 11. The first-order chi connectivity index (χ1) is 16.8. The van der Waals surface area contributed by atoms with Crippen LogP contribution in [-0.2, 0) is 38.8 Å². The quantitative estimate of drug-likeness (QED) is 0.267. The van der Waals surface area contributed by atoms with Crippen molar-refractivity contribution in [1.29, 1.82) is 0 Å². The Bertz CT molecular complexity index is 1030. The summed E-state index contributed by atoms with van der Waals surface area (Å²) in [5, 5.41) is 2.46. The molecule has 1 aliphatic rings. The fraction of sp³-hybridized carbons (Fsp3) is 0.321. The fourth-order valence-corrected chi connectivity index (χ4v) is 4.02. The third-order valence-corrected chi connectivity index (χ3v) is 5.80. The zero-order valence-electron chi connectivity index (χ0n) is 19.0. The number of aliphatic imine (C=N–C) groups is 1. The summed E-state index contributed by atoms with van der Waals surface area (Å²) in [7, 11) is 0. The molecule has 1 saturated heterocycles. The van der Waals surface area contributed by atoms with Gasteiger partial charge in [-0.1, -0.05) is 91.0 Å². The predicted molar refractivity (Wildman–Crippen MR) is 134 cm³/mol. The molecule has 0 unspecified atom stereocenters. The third kappa shape index (κ3) is 7.40. The van der Waals surface area contributed by atoms with E-state index in [1.165, 1.54) is 0 Å². The van der Waals surface area contributed by atoms with Crippen molar-refractivity contribution in [2.75, 3.05) is 6.61 Å². The highest BCUT2D eigenvalue weighted by Gasteiger charge is 2.39. The Morgan fingerprint density at radius 3 is 1.76 bits per heavy atom. The smallest absolute Gasteiger partial charge is 0.184 e. The molecule has 1 fully saturated rings. The zero-order chi connectivity index (χ0) is 23.4. The van der Waals surface area contributed by atoms with E-state index in [0.717, 1.165) is 16.7 Å². The SMILES string of the molecule is S=C=N[C@@H]1O[C@H](COCc2ccccc2)[C@@H](OCc2ccccc2)C[C@H]1OCc1ccccc1. The predicted octanol–water partition coefficient (Wildman–Crippen LogP) is 5.59. The largest absolute Gasteiger partial charge is 0.374 e. The number of ether oxygens (including phenoxy) is 4. The van der Waals surface area contributed by atoms with Gasteiger partial charge in [0.15, 0.2) is 6.23 Å². The van der Waals surface area contributed by atoms with Crippen LogP contribution in [0, 0.1) is 0 Å². The van der Waals surface area contributed by atoms with E-state index in [1.54, 1.807) is 0 Å². The van der Waals surface area contributed by atoms with E-state index in [2.05, 4.69) is 10.2 Å². The van der Waals surface area contributed by atoms with E-state index in [4.69, 9.17) is 31.2 Å². The first-order valence-electron chi connectivity index (χ1n) is 11.5. The second-order valence-electron chi connectivity index (χ2n) is 8.19. The second kappa shape index (κ2) is 13.3. The highest BCUT2D eigenvalue weighted by Crippen LogP contribution is 2.28. The molecule has 4 atom stereocenters. The summed E-state index contributed by atoms with van der Waals surface area (Å²) in [6.45, 7) is 1.82. The van der Waals surface area contributed by atoms with Gasteiger partial charge in [-0.3, -0.25) is 0 Å². The monoisotopic (exact) mass is 475 g/mol. The van der Waals surface area contributed by atoms with Crippen LogP contribution in [0.3, 0.4) is 0 Å². The van der Waals surface area contributed by atoms with E-state index in [9.17, 15) is 0 Å². The van der Waals surface area contributed by atoms with Gasteiger partial charge in [-0.05, 0) is 28.9 Å². The molecule has 4 rings (SSSR count). The molecule has 1 heterocycles. The molecular weight excluding hydrogens is 446 g/mol. The molecule has 0 radical (unpaired) electrons. The maximum Gasteiger partial charge on any atom is 0.184 e. The Morgan fingerprint density at radius 1 is 0.735 bits per heavy atom. The topological polar surface area (TPSA) is 49.3 Å². The Balaban J connectivity index is 1.42. The van der Waals surface area contributed by atoms with Crippen LogP contribution >= 0.6 is 12.2 Å². The van der Waals surface area contributed by atoms with Crippen LogP contribution in [0.15, 0.2) is 96.0 Å². The van der Waals surface area contributed by atoms with Gasteiger partial charge in [0.2, 0.25) is 0 Å². The molecule has 0 spiro atoms. The Labute approximate surface area is 206 Å². The molecule has 176 valence electrons. The molecule has 0 saturated carbocycles. The van der Waals surface area contributed by atoms with E-state index < -0.39 is 6.23 Å².